The Labute approximate surface area is 160 Å². The van der Waals surface area contributed by atoms with Gasteiger partial charge in [-0.1, -0.05) is 23.2 Å². The summed E-state index contributed by atoms with van der Waals surface area (Å²) in [6.07, 6.45) is 0. The lowest BCUT2D eigenvalue weighted by Crippen LogP contribution is -2.31. The predicted octanol–water partition coefficient (Wildman–Crippen LogP) is 3.80. The Morgan fingerprint density at radius 3 is 2.40 bits per heavy atom. The lowest BCUT2D eigenvalue weighted by Gasteiger charge is -2.12. The number of thiophene rings is 1. The number of carbonyl (C=O) groups is 2. The first kappa shape index (κ1) is 19.7. The van der Waals surface area contributed by atoms with E-state index in [4.69, 9.17) is 27.9 Å². The first-order valence-electron chi connectivity index (χ1n) is 7.43. The van der Waals surface area contributed by atoms with Gasteiger partial charge in [0.1, 0.15) is 4.34 Å². The molecule has 0 saturated carbocycles. The van der Waals surface area contributed by atoms with Crippen molar-refractivity contribution in [2.24, 2.45) is 0 Å². The lowest BCUT2D eigenvalue weighted by atomic mass is 10.0. The summed E-state index contributed by atoms with van der Waals surface area (Å²) in [5.74, 6) is -0.798. The van der Waals surface area contributed by atoms with Gasteiger partial charge in [-0.25, -0.2) is 4.79 Å². The molecule has 0 aliphatic heterocycles. The zero-order valence-corrected chi connectivity index (χ0v) is 16.4. The highest BCUT2D eigenvalue weighted by atomic mass is 35.5. The molecule has 1 aromatic heterocycles. The maximum absolute atomic E-state index is 12.4. The minimum atomic E-state index is -0.526. The highest BCUT2D eigenvalue weighted by Crippen LogP contribution is 2.38. The first-order valence-corrected chi connectivity index (χ1v) is 9.00. The molecule has 0 atom stereocenters. The molecule has 1 N–H and O–H groups in total. The van der Waals surface area contributed by atoms with E-state index in [0.717, 1.165) is 0 Å². The SMILES string of the molecule is COC(=O)c1cc(C(=O)NCCN(C)C)cc(-c2cc(Cl)sc2Cl)c1. The average molecular weight is 401 g/mol. The van der Waals surface area contributed by atoms with E-state index < -0.39 is 5.97 Å². The normalized spacial score (nSPS) is 10.8. The van der Waals surface area contributed by atoms with Crippen molar-refractivity contribution in [3.05, 3.63) is 44.1 Å². The van der Waals surface area contributed by atoms with Crippen LogP contribution in [0.4, 0.5) is 0 Å². The number of methoxy groups -OCH3 is 1. The van der Waals surface area contributed by atoms with Gasteiger partial charge in [-0.3, -0.25) is 4.79 Å². The molecule has 5 nitrogen and oxygen atoms in total. The summed E-state index contributed by atoms with van der Waals surface area (Å²) in [5, 5.41) is 2.82. The van der Waals surface area contributed by atoms with Crippen molar-refractivity contribution < 1.29 is 14.3 Å². The van der Waals surface area contributed by atoms with Crippen molar-refractivity contribution in [2.45, 2.75) is 0 Å². The number of ether oxygens (including phenoxy) is 1. The number of hydrogen-bond acceptors (Lipinski definition) is 5. The Kier molecular flexibility index (Phi) is 6.84. The fourth-order valence-corrected chi connectivity index (χ4v) is 3.69. The molecule has 134 valence electrons. The van der Waals surface area contributed by atoms with Crippen LogP contribution in [-0.4, -0.2) is 51.1 Å². The molecular formula is C17H18Cl2N2O3S. The molecule has 0 unspecified atom stereocenters. The van der Waals surface area contributed by atoms with Gasteiger partial charge >= 0.3 is 5.97 Å². The zero-order chi connectivity index (χ0) is 18.6. The molecule has 2 aromatic rings. The largest absolute Gasteiger partial charge is 0.465 e. The number of carbonyl (C=O) groups excluding carboxylic acids is 2. The van der Waals surface area contributed by atoms with E-state index in [2.05, 4.69) is 5.32 Å². The molecule has 0 fully saturated rings. The maximum Gasteiger partial charge on any atom is 0.337 e. The van der Waals surface area contributed by atoms with Gasteiger partial charge in [0, 0.05) is 24.2 Å². The third-order valence-corrected chi connectivity index (χ3v) is 4.92. The number of hydrogen-bond donors (Lipinski definition) is 1. The van der Waals surface area contributed by atoms with Crippen molar-refractivity contribution in [1.82, 2.24) is 10.2 Å². The Morgan fingerprint density at radius 1 is 1.16 bits per heavy atom. The maximum atomic E-state index is 12.4. The second-order valence-electron chi connectivity index (χ2n) is 5.59. The fourth-order valence-electron chi connectivity index (χ4n) is 2.18. The lowest BCUT2D eigenvalue weighted by molar-refractivity contribution is 0.0601. The molecular weight excluding hydrogens is 383 g/mol. The summed E-state index contributed by atoms with van der Waals surface area (Å²) < 4.78 is 5.80. The van der Waals surface area contributed by atoms with E-state index in [1.165, 1.54) is 24.5 Å². The molecule has 0 radical (unpaired) electrons. The number of amides is 1. The van der Waals surface area contributed by atoms with Crippen LogP contribution >= 0.6 is 34.5 Å². The summed E-state index contributed by atoms with van der Waals surface area (Å²) in [6, 6.07) is 6.52. The molecule has 0 aliphatic carbocycles. The molecule has 0 aliphatic rings. The van der Waals surface area contributed by atoms with Crippen molar-refractivity contribution in [3.8, 4) is 11.1 Å². The van der Waals surface area contributed by atoms with Crippen molar-refractivity contribution in [1.29, 1.82) is 0 Å². The Morgan fingerprint density at radius 2 is 1.84 bits per heavy atom. The van der Waals surface area contributed by atoms with Gasteiger partial charge in [0.25, 0.3) is 5.91 Å². The Bertz CT molecular complexity index is 790. The molecule has 0 saturated heterocycles. The standard InChI is InChI=1S/C17H18Cl2N2O3S/c1-21(2)5-4-20-16(22)11-6-10(7-12(8-11)17(23)24-3)13-9-14(18)25-15(13)19/h6-9H,4-5H2,1-3H3,(H,20,22). The zero-order valence-electron chi connectivity index (χ0n) is 14.1. The first-order chi connectivity index (χ1) is 11.8. The second-order valence-corrected chi connectivity index (χ2v) is 7.87. The minimum Gasteiger partial charge on any atom is -0.465 e. The molecule has 1 aromatic carbocycles. The highest BCUT2D eigenvalue weighted by Gasteiger charge is 2.16. The predicted molar refractivity (Wildman–Crippen MR) is 102 cm³/mol. The summed E-state index contributed by atoms with van der Waals surface area (Å²) in [7, 11) is 5.13. The summed E-state index contributed by atoms with van der Waals surface area (Å²) in [5.41, 5.74) is 1.93. The molecule has 0 spiro atoms. The average Bonchev–Trinajstić information content (AvgIpc) is 2.91. The van der Waals surface area contributed by atoms with Crippen LogP contribution in [-0.2, 0) is 4.74 Å². The van der Waals surface area contributed by atoms with Crippen molar-refractivity contribution >= 4 is 46.4 Å². The number of nitrogens with one attached hydrogen (secondary N) is 1. The number of esters is 1. The van der Waals surface area contributed by atoms with Crippen LogP contribution in [0.15, 0.2) is 24.3 Å². The van der Waals surface area contributed by atoms with Crippen molar-refractivity contribution in [3.63, 3.8) is 0 Å². The summed E-state index contributed by atoms with van der Waals surface area (Å²) in [6.45, 7) is 1.20. The molecule has 2 rings (SSSR count). The number of likely N-dealkylation sites (N-methyl/N-ethyl adjacent to an activating group) is 1. The monoisotopic (exact) mass is 400 g/mol. The van der Waals surface area contributed by atoms with Crippen LogP contribution in [0.25, 0.3) is 11.1 Å². The quantitative estimate of drug-likeness (QED) is 0.749. The third kappa shape index (κ3) is 5.19. The van der Waals surface area contributed by atoms with E-state index in [-0.39, 0.29) is 11.5 Å². The van der Waals surface area contributed by atoms with Crippen LogP contribution in [0.1, 0.15) is 20.7 Å². The van der Waals surface area contributed by atoms with E-state index in [1.54, 1.807) is 18.2 Å². The highest BCUT2D eigenvalue weighted by molar-refractivity contribution is 7.20. The van der Waals surface area contributed by atoms with Crippen LogP contribution in [0.5, 0.6) is 0 Å². The van der Waals surface area contributed by atoms with Crippen molar-refractivity contribution in [2.75, 3.05) is 34.3 Å². The summed E-state index contributed by atoms with van der Waals surface area (Å²) >= 11 is 13.4. The number of benzene rings is 1. The van der Waals surface area contributed by atoms with Crippen LogP contribution in [0.3, 0.4) is 0 Å². The Hall–Kier alpha value is -1.60. The number of nitrogens with zero attached hydrogens (tertiary/aromatic N) is 1. The van der Waals surface area contributed by atoms with E-state index in [9.17, 15) is 9.59 Å². The van der Waals surface area contributed by atoms with Crippen LogP contribution in [0, 0.1) is 0 Å². The second kappa shape index (κ2) is 8.67. The van der Waals surface area contributed by atoms with Gasteiger partial charge in [-0.2, -0.15) is 0 Å². The topological polar surface area (TPSA) is 58.6 Å². The molecule has 1 amide bonds. The van der Waals surface area contributed by atoms with E-state index >= 15 is 0 Å². The van der Waals surface area contributed by atoms with E-state index in [0.29, 0.717) is 38.5 Å². The molecule has 8 heteroatoms. The van der Waals surface area contributed by atoms with Gasteiger partial charge in [0.15, 0.2) is 0 Å². The third-order valence-electron chi connectivity index (χ3n) is 3.43. The van der Waals surface area contributed by atoms with Crippen LogP contribution < -0.4 is 5.32 Å². The summed E-state index contributed by atoms with van der Waals surface area (Å²) in [4.78, 5) is 26.3. The van der Waals surface area contributed by atoms with Gasteiger partial charge < -0.3 is 15.0 Å². The molecule has 1 heterocycles. The number of rotatable bonds is 6. The van der Waals surface area contributed by atoms with Gasteiger partial charge in [-0.05, 0) is 43.9 Å². The van der Waals surface area contributed by atoms with Gasteiger partial charge in [0.2, 0.25) is 0 Å². The van der Waals surface area contributed by atoms with Gasteiger partial charge in [-0.15, -0.1) is 11.3 Å². The molecule has 0 bridgehead atoms. The smallest absolute Gasteiger partial charge is 0.337 e. The molecule has 25 heavy (non-hydrogen) atoms. The Balaban J connectivity index is 2.39. The van der Waals surface area contributed by atoms with Crippen LogP contribution in [0.2, 0.25) is 8.67 Å². The van der Waals surface area contributed by atoms with Gasteiger partial charge in [0.05, 0.1) is 17.0 Å². The van der Waals surface area contributed by atoms with E-state index in [1.807, 2.05) is 19.0 Å². The minimum absolute atomic E-state index is 0.272. The fraction of sp³-hybridized carbons (Fsp3) is 0.294. The number of halogens is 2.